The van der Waals surface area contributed by atoms with Gasteiger partial charge in [-0.2, -0.15) is 0 Å². The molecule has 1 saturated heterocycles. The molecule has 1 aromatic rings. The summed E-state index contributed by atoms with van der Waals surface area (Å²) in [6, 6.07) is 3.05. The maximum Gasteiger partial charge on any atom is 0.339 e. The molecule has 1 aliphatic rings. The number of halogens is 1. The first-order valence-corrected chi connectivity index (χ1v) is 4.76. The molecule has 15 heavy (non-hydrogen) atoms. The van der Waals surface area contributed by atoms with Crippen molar-refractivity contribution in [1.82, 2.24) is 4.98 Å². The van der Waals surface area contributed by atoms with Crippen LogP contribution in [-0.2, 0) is 0 Å². The predicted octanol–water partition coefficient (Wildman–Crippen LogP) is 1.33. The first-order valence-electron chi connectivity index (χ1n) is 4.76. The van der Waals surface area contributed by atoms with E-state index in [1.807, 2.05) is 0 Å². The number of carbonyl (C=O) groups is 1. The largest absolute Gasteiger partial charge is 0.478 e. The number of carboxylic acids is 1. The van der Waals surface area contributed by atoms with E-state index in [2.05, 4.69) is 4.98 Å². The topological polar surface area (TPSA) is 53.4 Å². The molecular formula is C10H11FN2O2. The van der Waals surface area contributed by atoms with Gasteiger partial charge in [-0.05, 0) is 18.6 Å². The highest BCUT2D eigenvalue weighted by Gasteiger charge is 2.25. The summed E-state index contributed by atoms with van der Waals surface area (Å²) in [6.07, 6.45) is 1.08. The van der Waals surface area contributed by atoms with Crippen molar-refractivity contribution in [2.75, 3.05) is 18.0 Å². The number of nitrogens with zero attached hydrogens (tertiary/aromatic N) is 2. The summed E-state index contributed by atoms with van der Waals surface area (Å²) < 4.78 is 13.0. The predicted molar refractivity (Wildman–Crippen MR) is 52.9 cm³/mol. The lowest BCUT2D eigenvalue weighted by molar-refractivity contribution is 0.0697. The lowest BCUT2D eigenvalue weighted by Gasteiger charge is -2.17. The molecule has 1 atom stereocenters. The average Bonchev–Trinajstić information content (AvgIpc) is 2.65. The number of pyridine rings is 1. The van der Waals surface area contributed by atoms with Crippen LogP contribution in [0, 0.1) is 0 Å². The van der Waals surface area contributed by atoms with Crippen LogP contribution in [0.25, 0.3) is 0 Å². The molecule has 2 heterocycles. The molecule has 0 spiro atoms. The van der Waals surface area contributed by atoms with E-state index in [9.17, 15) is 9.18 Å². The minimum Gasteiger partial charge on any atom is -0.478 e. The molecule has 0 saturated carbocycles. The van der Waals surface area contributed by atoms with E-state index >= 15 is 0 Å². The van der Waals surface area contributed by atoms with Gasteiger partial charge in [0, 0.05) is 12.7 Å². The van der Waals surface area contributed by atoms with Crippen LogP contribution in [-0.4, -0.2) is 35.3 Å². The molecule has 1 aromatic heterocycles. The van der Waals surface area contributed by atoms with Gasteiger partial charge in [0.25, 0.3) is 0 Å². The third-order valence-corrected chi connectivity index (χ3v) is 2.45. The van der Waals surface area contributed by atoms with Crippen LogP contribution >= 0.6 is 0 Å². The van der Waals surface area contributed by atoms with E-state index in [-0.39, 0.29) is 12.1 Å². The summed E-state index contributed by atoms with van der Waals surface area (Å²) >= 11 is 0. The van der Waals surface area contributed by atoms with Crippen LogP contribution in [0.1, 0.15) is 16.8 Å². The van der Waals surface area contributed by atoms with Gasteiger partial charge in [0.05, 0.1) is 6.54 Å². The smallest absolute Gasteiger partial charge is 0.339 e. The van der Waals surface area contributed by atoms with Gasteiger partial charge in [0.15, 0.2) is 0 Å². The summed E-state index contributed by atoms with van der Waals surface area (Å²) in [6.45, 7) is 0.760. The molecule has 0 radical (unpaired) electrons. The first-order chi connectivity index (χ1) is 7.18. The van der Waals surface area contributed by atoms with Crippen molar-refractivity contribution in [2.45, 2.75) is 12.6 Å². The molecule has 0 bridgehead atoms. The molecule has 2 rings (SSSR count). The van der Waals surface area contributed by atoms with Crippen molar-refractivity contribution in [3.8, 4) is 0 Å². The fourth-order valence-electron chi connectivity index (χ4n) is 1.73. The normalized spacial score (nSPS) is 20.6. The van der Waals surface area contributed by atoms with Crippen LogP contribution in [0.15, 0.2) is 18.3 Å². The lowest BCUT2D eigenvalue weighted by atomic mass is 10.2. The molecule has 80 valence electrons. The molecule has 1 aliphatic heterocycles. The zero-order chi connectivity index (χ0) is 10.8. The van der Waals surface area contributed by atoms with Crippen LogP contribution in [0.4, 0.5) is 10.2 Å². The quantitative estimate of drug-likeness (QED) is 0.800. The minimum atomic E-state index is -1.03. The van der Waals surface area contributed by atoms with Gasteiger partial charge in [-0.15, -0.1) is 0 Å². The maximum absolute atomic E-state index is 13.0. The molecule has 0 unspecified atom stereocenters. The lowest BCUT2D eigenvalue weighted by Crippen LogP contribution is -2.23. The zero-order valence-corrected chi connectivity index (χ0v) is 8.06. The van der Waals surface area contributed by atoms with E-state index in [0.717, 1.165) is 0 Å². The van der Waals surface area contributed by atoms with E-state index < -0.39 is 12.1 Å². The maximum atomic E-state index is 13.0. The van der Waals surface area contributed by atoms with Crippen molar-refractivity contribution in [1.29, 1.82) is 0 Å². The number of aromatic carboxylic acids is 1. The van der Waals surface area contributed by atoms with Crippen LogP contribution < -0.4 is 4.90 Å². The fourth-order valence-corrected chi connectivity index (χ4v) is 1.73. The highest BCUT2D eigenvalue weighted by molar-refractivity contribution is 5.93. The van der Waals surface area contributed by atoms with Crippen molar-refractivity contribution in [3.63, 3.8) is 0 Å². The summed E-state index contributed by atoms with van der Waals surface area (Å²) in [7, 11) is 0. The summed E-state index contributed by atoms with van der Waals surface area (Å²) in [5, 5.41) is 8.93. The van der Waals surface area contributed by atoms with Crippen molar-refractivity contribution in [3.05, 3.63) is 23.9 Å². The first kappa shape index (κ1) is 9.89. The molecule has 1 fully saturated rings. The SMILES string of the molecule is O=C(O)c1cccnc1N1CC[C@@H](F)C1. The Morgan fingerprint density at radius 1 is 1.67 bits per heavy atom. The van der Waals surface area contributed by atoms with Gasteiger partial charge >= 0.3 is 5.97 Å². The van der Waals surface area contributed by atoms with E-state index in [1.54, 1.807) is 11.0 Å². The Labute approximate surface area is 86.4 Å². The van der Waals surface area contributed by atoms with Gasteiger partial charge in [-0.3, -0.25) is 0 Å². The molecule has 1 N–H and O–H groups in total. The van der Waals surface area contributed by atoms with E-state index in [0.29, 0.717) is 18.8 Å². The second kappa shape index (κ2) is 3.84. The van der Waals surface area contributed by atoms with Crippen LogP contribution in [0.5, 0.6) is 0 Å². The average molecular weight is 210 g/mol. The Kier molecular flexibility index (Phi) is 2.53. The summed E-state index contributed by atoms with van der Waals surface area (Å²) in [5.74, 6) is -0.662. The number of anilines is 1. The Morgan fingerprint density at radius 2 is 2.47 bits per heavy atom. The standard InChI is InChI=1S/C10H11FN2O2/c11-7-3-5-13(6-7)9-8(10(14)15)2-1-4-12-9/h1-2,4,7H,3,5-6H2,(H,14,15)/t7-/m1/s1. The van der Waals surface area contributed by atoms with Gasteiger partial charge in [0.2, 0.25) is 0 Å². The van der Waals surface area contributed by atoms with Gasteiger partial charge in [0.1, 0.15) is 17.6 Å². The summed E-state index contributed by atoms with van der Waals surface area (Å²) in [4.78, 5) is 16.6. The van der Waals surface area contributed by atoms with E-state index in [1.165, 1.54) is 12.3 Å². The number of carboxylic acid groups (broad SMARTS) is 1. The Bertz CT molecular complexity index is 383. The van der Waals surface area contributed by atoms with Crippen LogP contribution in [0.3, 0.4) is 0 Å². The highest BCUT2D eigenvalue weighted by atomic mass is 19.1. The second-order valence-electron chi connectivity index (χ2n) is 3.51. The third kappa shape index (κ3) is 1.91. The number of rotatable bonds is 2. The Hall–Kier alpha value is -1.65. The van der Waals surface area contributed by atoms with Crippen molar-refractivity contribution in [2.24, 2.45) is 0 Å². The monoisotopic (exact) mass is 210 g/mol. The van der Waals surface area contributed by atoms with E-state index in [4.69, 9.17) is 5.11 Å². The highest BCUT2D eigenvalue weighted by Crippen LogP contribution is 2.23. The van der Waals surface area contributed by atoms with Gasteiger partial charge in [-0.1, -0.05) is 0 Å². The molecule has 0 amide bonds. The molecule has 5 heteroatoms. The zero-order valence-electron chi connectivity index (χ0n) is 8.06. The van der Waals surface area contributed by atoms with Crippen molar-refractivity contribution < 1.29 is 14.3 Å². The molecule has 4 nitrogen and oxygen atoms in total. The minimum absolute atomic E-state index is 0.131. The van der Waals surface area contributed by atoms with Crippen molar-refractivity contribution >= 4 is 11.8 Å². The molecular weight excluding hydrogens is 199 g/mol. The molecule has 0 aliphatic carbocycles. The van der Waals surface area contributed by atoms with Gasteiger partial charge < -0.3 is 10.0 Å². The fraction of sp³-hybridized carbons (Fsp3) is 0.400. The number of hydrogen-bond acceptors (Lipinski definition) is 3. The number of alkyl halides is 1. The Balaban J connectivity index is 2.31. The number of aromatic nitrogens is 1. The van der Waals surface area contributed by atoms with Crippen LogP contribution in [0.2, 0.25) is 0 Å². The third-order valence-electron chi connectivity index (χ3n) is 2.45. The molecule has 0 aromatic carbocycles. The number of hydrogen-bond donors (Lipinski definition) is 1. The Morgan fingerprint density at radius 3 is 3.07 bits per heavy atom. The summed E-state index contributed by atoms with van der Waals surface area (Å²) in [5.41, 5.74) is 0.131. The second-order valence-corrected chi connectivity index (χ2v) is 3.51. The van der Waals surface area contributed by atoms with Gasteiger partial charge in [-0.25, -0.2) is 14.2 Å².